The fourth-order valence-corrected chi connectivity index (χ4v) is 3.59. The Bertz CT molecular complexity index is 839. The fraction of sp³-hybridized carbons (Fsp3) is 0.263. The molecule has 1 aromatic carbocycles. The minimum atomic E-state index is -0.641. The van der Waals surface area contributed by atoms with Gasteiger partial charge in [-0.15, -0.1) is 11.3 Å². The lowest BCUT2D eigenvalue weighted by Gasteiger charge is -2.23. The van der Waals surface area contributed by atoms with Gasteiger partial charge in [0.2, 0.25) is 5.78 Å². The van der Waals surface area contributed by atoms with Gasteiger partial charge in [-0.05, 0) is 43.0 Å². The van der Waals surface area contributed by atoms with E-state index < -0.39 is 17.7 Å². The van der Waals surface area contributed by atoms with E-state index in [-0.39, 0.29) is 17.5 Å². The Hall–Kier alpha value is -2.60. The number of aliphatic hydroxyl groups excluding tert-OH is 1. The predicted octanol–water partition coefficient (Wildman–Crippen LogP) is 3.74. The quantitative estimate of drug-likeness (QED) is 0.828. The molecule has 0 radical (unpaired) electrons. The third-order valence-corrected chi connectivity index (χ3v) is 4.84. The number of ketones is 1. The Balaban J connectivity index is 2.04. The van der Waals surface area contributed by atoms with E-state index in [4.69, 9.17) is 4.74 Å². The molecule has 5 nitrogen and oxygen atoms in total. The Kier molecular flexibility index (Phi) is 4.63. The molecule has 0 aliphatic carbocycles. The van der Waals surface area contributed by atoms with Gasteiger partial charge in [0, 0.05) is 7.05 Å². The van der Waals surface area contributed by atoms with Gasteiger partial charge in [0.15, 0.2) is 5.76 Å². The van der Waals surface area contributed by atoms with Crippen molar-refractivity contribution in [1.82, 2.24) is 4.90 Å². The van der Waals surface area contributed by atoms with E-state index in [9.17, 15) is 14.7 Å². The van der Waals surface area contributed by atoms with Crippen molar-refractivity contribution in [2.24, 2.45) is 0 Å². The summed E-state index contributed by atoms with van der Waals surface area (Å²) in [6.45, 7) is 3.85. The third-order valence-electron chi connectivity index (χ3n) is 3.97. The largest absolute Gasteiger partial charge is 0.503 e. The zero-order valence-electron chi connectivity index (χ0n) is 14.2. The number of ether oxygens (including phenoxy) is 1. The topological polar surface area (TPSA) is 66.8 Å². The van der Waals surface area contributed by atoms with Crippen molar-refractivity contribution >= 4 is 23.0 Å². The average molecular weight is 357 g/mol. The summed E-state index contributed by atoms with van der Waals surface area (Å²) in [6.07, 6.45) is 0.00866. The van der Waals surface area contributed by atoms with E-state index in [1.54, 1.807) is 30.6 Å². The van der Waals surface area contributed by atoms with Gasteiger partial charge in [-0.25, -0.2) is 0 Å². The molecule has 2 aromatic rings. The molecule has 2 heterocycles. The monoisotopic (exact) mass is 357 g/mol. The van der Waals surface area contributed by atoms with E-state index in [1.165, 1.54) is 16.2 Å². The summed E-state index contributed by atoms with van der Waals surface area (Å²) in [4.78, 5) is 27.0. The van der Waals surface area contributed by atoms with Crippen molar-refractivity contribution in [1.29, 1.82) is 0 Å². The SMILES string of the molecule is CC(C)Oc1cccc(C2C(C(=O)c3cccs3)=C(O)C(=O)N2C)c1. The molecule has 0 saturated heterocycles. The maximum absolute atomic E-state index is 12.8. The van der Waals surface area contributed by atoms with E-state index in [0.29, 0.717) is 10.6 Å². The van der Waals surface area contributed by atoms with Gasteiger partial charge in [0.05, 0.1) is 22.6 Å². The maximum atomic E-state index is 12.8. The van der Waals surface area contributed by atoms with E-state index in [2.05, 4.69) is 0 Å². The van der Waals surface area contributed by atoms with Gasteiger partial charge in [-0.3, -0.25) is 9.59 Å². The molecule has 0 spiro atoms. The van der Waals surface area contributed by atoms with Crippen LogP contribution < -0.4 is 4.74 Å². The maximum Gasteiger partial charge on any atom is 0.289 e. The summed E-state index contributed by atoms with van der Waals surface area (Å²) in [5.74, 6) is -0.714. The molecule has 0 saturated carbocycles. The van der Waals surface area contributed by atoms with Crippen molar-refractivity contribution < 1.29 is 19.4 Å². The van der Waals surface area contributed by atoms with E-state index in [0.717, 1.165) is 5.56 Å². The van der Waals surface area contributed by atoms with Crippen LogP contribution in [-0.4, -0.2) is 34.8 Å². The number of aliphatic hydroxyl groups is 1. The number of benzene rings is 1. The highest BCUT2D eigenvalue weighted by Gasteiger charge is 2.42. The summed E-state index contributed by atoms with van der Waals surface area (Å²) >= 11 is 1.28. The van der Waals surface area contributed by atoms with Crippen LogP contribution in [-0.2, 0) is 4.79 Å². The Morgan fingerprint density at radius 3 is 2.68 bits per heavy atom. The van der Waals surface area contributed by atoms with Crippen molar-refractivity contribution in [3.05, 3.63) is 63.6 Å². The minimum absolute atomic E-state index is 0.00866. The Morgan fingerprint density at radius 1 is 1.28 bits per heavy atom. The molecule has 1 N–H and O–H groups in total. The highest BCUT2D eigenvalue weighted by molar-refractivity contribution is 7.12. The zero-order valence-corrected chi connectivity index (χ0v) is 15.0. The molecule has 0 fully saturated rings. The average Bonchev–Trinajstić information content (AvgIpc) is 3.17. The lowest BCUT2D eigenvalue weighted by Crippen LogP contribution is -2.26. The highest BCUT2D eigenvalue weighted by atomic mass is 32.1. The minimum Gasteiger partial charge on any atom is -0.503 e. The lowest BCUT2D eigenvalue weighted by atomic mass is 9.95. The first-order valence-corrected chi connectivity index (χ1v) is 8.83. The zero-order chi connectivity index (χ0) is 18.1. The van der Waals surface area contributed by atoms with Crippen molar-refractivity contribution in [3.63, 3.8) is 0 Å². The van der Waals surface area contributed by atoms with E-state index in [1.807, 2.05) is 32.0 Å². The molecule has 130 valence electrons. The molecule has 3 rings (SSSR count). The first-order valence-electron chi connectivity index (χ1n) is 7.95. The summed E-state index contributed by atoms with van der Waals surface area (Å²) in [5, 5.41) is 12.1. The smallest absolute Gasteiger partial charge is 0.289 e. The molecule has 1 atom stereocenters. The fourth-order valence-electron chi connectivity index (χ4n) is 2.92. The first-order chi connectivity index (χ1) is 11.9. The summed E-state index contributed by atoms with van der Waals surface area (Å²) < 4.78 is 5.71. The number of hydrogen-bond acceptors (Lipinski definition) is 5. The summed E-state index contributed by atoms with van der Waals surface area (Å²) in [5.41, 5.74) is 0.828. The summed E-state index contributed by atoms with van der Waals surface area (Å²) in [7, 11) is 1.58. The molecule has 1 aliphatic heterocycles. The molecule has 1 aromatic heterocycles. The van der Waals surface area contributed by atoms with E-state index >= 15 is 0 Å². The normalized spacial score (nSPS) is 17.5. The van der Waals surface area contributed by atoms with Crippen LogP contribution in [0.15, 0.2) is 53.1 Å². The number of amides is 1. The predicted molar refractivity (Wildman–Crippen MR) is 96.0 cm³/mol. The number of carbonyl (C=O) groups excluding carboxylic acids is 2. The molecule has 1 amide bonds. The number of likely N-dealkylation sites (N-methyl/N-ethyl adjacent to an activating group) is 1. The molecular weight excluding hydrogens is 338 g/mol. The molecule has 0 bridgehead atoms. The highest BCUT2D eigenvalue weighted by Crippen LogP contribution is 2.39. The number of carbonyl (C=O) groups is 2. The van der Waals surface area contributed by atoms with Crippen LogP contribution in [0.2, 0.25) is 0 Å². The molecule has 25 heavy (non-hydrogen) atoms. The van der Waals surface area contributed by atoms with Crippen molar-refractivity contribution in [3.8, 4) is 5.75 Å². The van der Waals surface area contributed by atoms with Gasteiger partial charge < -0.3 is 14.7 Å². The van der Waals surface area contributed by atoms with Crippen LogP contribution in [0, 0.1) is 0 Å². The second kappa shape index (κ2) is 6.72. The number of nitrogens with zero attached hydrogens (tertiary/aromatic N) is 1. The number of rotatable bonds is 5. The molecule has 1 unspecified atom stereocenters. The summed E-state index contributed by atoms with van der Waals surface area (Å²) in [6, 6.07) is 10.1. The second-order valence-electron chi connectivity index (χ2n) is 6.13. The molecule has 6 heteroatoms. The van der Waals surface area contributed by atoms with Crippen LogP contribution in [0.3, 0.4) is 0 Å². The number of hydrogen-bond donors (Lipinski definition) is 1. The van der Waals surface area contributed by atoms with Gasteiger partial charge in [-0.1, -0.05) is 18.2 Å². The van der Waals surface area contributed by atoms with Crippen LogP contribution in [0.1, 0.15) is 35.1 Å². The number of thiophene rings is 1. The Labute approximate surface area is 150 Å². The number of Topliss-reactive ketones (excluding diaryl/α,β-unsaturated/α-hetero) is 1. The first kappa shape index (κ1) is 17.2. The van der Waals surface area contributed by atoms with Gasteiger partial charge in [-0.2, -0.15) is 0 Å². The van der Waals surface area contributed by atoms with Gasteiger partial charge >= 0.3 is 0 Å². The molecule has 1 aliphatic rings. The van der Waals surface area contributed by atoms with Crippen LogP contribution in [0.5, 0.6) is 5.75 Å². The van der Waals surface area contributed by atoms with Crippen LogP contribution in [0.4, 0.5) is 0 Å². The lowest BCUT2D eigenvalue weighted by molar-refractivity contribution is -0.128. The van der Waals surface area contributed by atoms with Crippen molar-refractivity contribution in [2.45, 2.75) is 26.0 Å². The second-order valence-corrected chi connectivity index (χ2v) is 7.07. The van der Waals surface area contributed by atoms with Crippen molar-refractivity contribution in [2.75, 3.05) is 7.05 Å². The van der Waals surface area contributed by atoms with Gasteiger partial charge in [0.25, 0.3) is 5.91 Å². The third kappa shape index (κ3) is 3.17. The van der Waals surface area contributed by atoms with Crippen LogP contribution in [0.25, 0.3) is 0 Å². The Morgan fingerprint density at radius 2 is 2.04 bits per heavy atom. The van der Waals surface area contributed by atoms with Crippen LogP contribution >= 0.6 is 11.3 Å². The van der Waals surface area contributed by atoms with Gasteiger partial charge in [0.1, 0.15) is 5.75 Å². The standard InChI is InChI=1S/C19H19NO4S/c1-11(2)24-13-7-4-6-12(10-13)16-15(18(22)19(23)20(16)3)17(21)14-8-5-9-25-14/h4-11,16,22H,1-3H3. The molecular formula is C19H19NO4S.